The highest BCUT2D eigenvalue weighted by Crippen LogP contribution is 2.19. The lowest BCUT2D eigenvalue weighted by Crippen LogP contribution is -2.10. The second-order valence-electron chi connectivity index (χ2n) is 6.10. The normalized spacial score (nSPS) is 12.4. The maximum Gasteiger partial charge on any atom is 0.146 e. The first-order valence-electron chi connectivity index (χ1n) is 7.63. The zero-order valence-electron chi connectivity index (χ0n) is 13.1. The third-order valence-corrected chi connectivity index (χ3v) is 3.67. The van der Waals surface area contributed by atoms with E-state index >= 15 is 0 Å². The molecule has 0 bridgehead atoms. The predicted octanol–water partition coefficient (Wildman–Crippen LogP) is 5.24. The van der Waals surface area contributed by atoms with E-state index in [1.165, 1.54) is 17.2 Å². The Hall–Kier alpha value is -1.83. The Balaban J connectivity index is 1.94. The summed E-state index contributed by atoms with van der Waals surface area (Å²) in [7, 11) is 0. The molecule has 0 saturated carbocycles. The van der Waals surface area contributed by atoms with E-state index in [0.717, 1.165) is 13.0 Å². The Morgan fingerprint density at radius 1 is 0.952 bits per heavy atom. The average Bonchev–Trinajstić information content (AvgIpc) is 2.46. The van der Waals surface area contributed by atoms with Crippen LogP contribution in [0.2, 0.25) is 0 Å². The van der Waals surface area contributed by atoms with E-state index in [0.29, 0.717) is 17.5 Å². The quantitative estimate of drug-likeness (QED) is 0.765. The van der Waals surface area contributed by atoms with Crippen molar-refractivity contribution < 1.29 is 4.39 Å². The summed E-state index contributed by atoms with van der Waals surface area (Å²) in [4.78, 5) is 0. The highest BCUT2D eigenvalue weighted by molar-refractivity contribution is 5.44. The molecule has 2 aromatic carbocycles. The van der Waals surface area contributed by atoms with Crippen molar-refractivity contribution in [2.45, 2.75) is 33.1 Å². The van der Waals surface area contributed by atoms with Crippen molar-refractivity contribution in [3.8, 4) is 0 Å². The summed E-state index contributed by atoms with van der Waals surface area (Å²) in [5.74, 6) is 0.825. The fourth-order valence-corrected chi connectivity index (χ4v) is 2.44. The summed E-state index contributed by atoms with van der Waals surface area (Å²) in [6.07, 6.45) is 1.11. The molecular weight excluding hydrogens is 261 g/mol. The third-order valence-electron chi connectivity index (χ3n) is 3.67. The minimum absolute atomic E-state index is 0.197. The molecule has 2 aromatic rings. The van der Waals surface area contributed by atoms with Crippen molar-refractivity contribution in [2.24, 2.45) is 5.92 Å². The van der Waals surface area contributed by atoms with Gasteiger partial charge in [0.2, 0.25) is 0 Å². The molecule has 0 saturated heterocycles. The van der Waals surface area contributed by atoms with Crippen LogP contribution in [-0.2, 0) is 6.42 Å². The van der Waals surface area contributed by atoms with Crippen molar-refractivity contribution in [3.63, 3.8) is 0 Å². The molecule has 0 aromatic heterocycles. The molecule has 0 heterocycles. The van der Waals surface area contributed by atoms with Crippen LogP contribution in [0.5, 0.6) is 0 Å². The maximum atomic E-state index is 13.6. The zero-order chi connectivity index (χ0) is 15.2. The molecule has 1 unspecified atom stereocenters. The first-order chi connectivity index (χ1) is 10.1. The second-order valence-corrected chi connectivity index (χ2v) is 6.10. The number of hydrogen-bond donors (Lipinski definition) is 1. The fourth-order valence-electron chi connectivity index (χ4n) is 2.44. The second kappa shape index (κ2) is 7.26. The summed E-state index contributed by atoms with van der Waals surface area (Å²) in [6, 6.07) is 15.6. The Bertz CT molecular complexity index is 560. The molecule has 0 aliphatic rings. The first kappa shape index (κ1) is 15.6. The van der Waals surface area contributed by atoms with E-state index in [1.807, 2.05) is 6.07 Å². The zero-order valence-corrected chi connectivity index (χ0v) is 13.1. The van der Waals surface area contributed by atoms with Gasteiger partial charge in [-0.2, -0.15) is 0 Å². The molecule has 112 valence electrons. The number of halogens is 1. The lowest BCUT2D eigenvalue weighted by Gasteiger charge is -2.15. The van der Waals surface area contributed by atoms with Gasteiger partial charge >= 0.3 is 0 Å². The molecule has 2 heteroatoms. The molecule has 0 fully saturated rings. The highest BCUT2D eigenvalue weighted by atomic mass is 19.1. The van der Waals surface area contributed by atoms with E-state index in [4.69, 9.17) is 0 Å². The van der Waals surface area contributed by atoms with E-state index < -0.39 is 0 Å². The van der Waals surface area contributed by atoms with Crippen LogP contribution in [0.15, 0.2) is 48.5 Å². The minimum Gasteiger partial charge on any atom is -0.382 e. The van der Waals surface area contributed by atoms with E-state index in [1.54, 1.807) is 12.1 Å². The van der Waals surface area contributed by atoms with E-state index in [-0.39, 0.29) is 5.82 Å². The standard InChI is InChI=1S/C19H24FN/c1-14(2)12-16-8-10-17(11-9-16)15(3)13-21-19-7-5-4-6-18(19)20/h4-11,14-15,21H,12-13H2,1-3H3. The molecule has 0 radical (unpaired) electrons. The number of para-hydroxylation sites is 1. The lowest BCUT2D eigenvalue weighted by molar-refractivity contribution is 0.628. The van der Waals surface area contributed by atoms with Gasteiger partial charge in [0.1, 0.15) is 5.82 Å². The van der Waals surface area contributed by atoms with Crippen LogP contribution in [-0.4, -0.2) is 6.54 Å². The summed E-state index contributed by atoms with van der Waals surface area (Å²) >= 11 is 0. The molecular formula is C19H24FN. The van der Waals surface area contributed by atoms with Gasteiger partial charge in [-0.15, -0.1) is 0 Å². The van der Waals surface area contributed by atoms with Crippen LogP contribution in [0.3, 0.4) is 0 Å². The van der Waals surface area contributed by atoms with Crippen molar-refractivity contribution in [2.75, 3.05) is 11.9 Å². The van der Waals surface area contributed by atoms with Gasteiger partial charge in [0.15, 0.2) is 0 Å². The van der Waals surface area contributed by atoms with Gasteiger partial charge in [0, 0.05) is 6.54 Å². The number of benzene rings is 2. The summed E-state index contributed by atoms with van der Waals surface area (Å²) in [5.41, 5.74) is 3.23. The van der Waals surface area contributed by atoms with Gasteiger partial charge in [-0.1, -0.05) is 57.2 Å². The van der Waals surface area contributed by atoms with Crippen LogP contribution < -0.4 is 5.32 Å². The molecule has 1 N–H and O–H groups in total. The van der Waals surface area contributed by atoms with Crippen LogP contribution in [0.1, 0.15) is 37.8 Å². The summed E-state index contributed by atoms with van der Waals surface area (Å²) in [5, 5.41) is 3.18. The molecule has 1 atom stereocenters. The molecule has 1 nitrogen and oxygen atoms in total. The maximum absolute atomic E-state index is 13.6. The number of nitrogens with one attached hydrogen (secondary N) is 1. The molecule has 21 heavy (non-hydrogen) atoms. The predicted molar refractivity (Wildman–Crippen MR) is 88.3 cm³/mol. The Morgan fingerprint density at radius 2 is 1.62 bits per heavy atom. The number of hydrogen-bond acceptors (Lipinski definition) is 1. The summed E-state index contributed by atoms with van der Waals surface area (Å²) < 4.78 is 13.6. The average molecular weight is 285 g/mol. The highest BCUT2D eigenvalue weighted by Gasteiger charge is 2.07. The lowest BCUT2D eigenvalue weighted by atomic mass is 9.96. The van der Waals surface area contributed by atoms with Crippen LogP contribution in [0.4, 0.5) is 10.1 Å². The van der Waals surface area contributed by atoms with Gasteiger partial charge < -0.3 is 5.32 Å². The SMILES string of the molecule is CC(C)Cc1ccc(C(C)CNc2ccccc2F)cc1. The number of rotatable bonds is 6. The van der Waals surface area contributed by atoms with Gasteiger partial charge in [0.05, 0.1) is 5.69 Å². The Kier molecular flexibility index (Phi) is 5.38. The Morgan fingerprint density at radius 3 is 2.24 bits per heavy atom. The van der Waals surface area contributed by atoms with Crippen molar-refractivity contribution in [1.29, 1.82) is 0 Å². The van der Waals surface area contributed by atoms with E-state index in [9.17, 15) is 4.39 Å². The fraction of sp³-hybridized carbons (Fsp3) is 0.368. The smallest absolute Gasteiger partial charge is 0.146 e. The van der Waals surface area contributed by atoms with Gasteiger partial charge in [-0.25, -0.2) is 4.39 Å². The molecule has 2 rings (SSSR count). The van der Waals surface area contributed by atoms with Crippen LogP contribution in [0.25, 0.3) is 0 Å². The third kappa shape index (κ3) is 4.59. The topological polar surface area (TPSA) is 12.0 Å². The molecule has 0 amide bonds. The van der Waals surface area contributed by atoms with Crippen LogP contribution >= 0.6 is 0 Å². The largest absolute Gasteiger partial charge is 0.382 e. The first-order valence-corrected chi connectivity index (χ1v) is 7.63. The monoisotopic (exact) mass is 285 g/mol. The van der Waals surface area contributed by atoms with Crippen molar-refractivity contribution in [3.05, 3.63) is 65.5 Å². The van der Waals surface area contributed by atoms with Crippen molar-refractivity contribution in [1.82, 2.24) is 0 Å². The summed E-state index contributed by atoms with van der Waals surface area (Å²) in [6.45, 7) is 7.35. The molecule has 0 spiro atoms. The van der Waals surface area contributed by atoms with Gasteiger partial charge in [-0.3, -0.25) is 0 Å². The Labute approximate surface area is 127 Å². The molecule has 0 aliphatic carbocycles. The number of anilines is 1. The van der Waals surface area contributed by atoms with Crippen molar-refractivity contribution >= 4 is 5.69 Å². The van der Waals surface area contributed by atoms with Gasteiger partial charge in [-0.05, 0) is 41.5 Å². The van der Waals surface area contributed by atoms with Crippen LogP contribution in [0, 0.1) is 11.7 Å². The molecule has 0 aliphatic heterocycles. The minimum atomic E-state index is -0.197. The van der Waals surface area contributed by atoms with Gasteiger partial charge in [0.25, 0.3) is 0 Å². The van der Waals surface area contributed by atoms with E-state index in [2.05, 4.69) is 50.4 Å².